The predicted molar refractivity (Wildman–Crippen MR) is 93.0 cm³/mol. The number of carbonyl (C=O) groups excluding carboxylic acids is 1. The van der Waals surface area contributed by atoms with Crippen molar-refractivity contribution >= 4 is 28.2 Å². The number of carbonyl (C=O) groups is 1. The highest BCUT2D eigenvalue weighted by molar-refractivity contribution is 7.14. The van der Waals surface area contributed by atoms with Crippen molar-refractivity contribution in [2.24, 2.45) is 5.92 Å². The Labute approximate surface area is 144 Å². The summed E-state index contributed by atoms with van der Waals surface area (Å²) in [7, 11) is 0. The van der Waals surface area contributed by atoms with E-state index in [9.17, 15) is 4.79 Å². The minimum absolute atomic E-state index is 0.166. The van der Waals surface area contributed by atoms with Gasteiger partial charge in [0.1, 0.15) is 6.07 Å². The normalized spacial score (nSPS) is 14.9. The molecule has 24 heavy (non-hydrogen) atoms. The number of urea groups is 1. The fourth-order valence-corrected chi connectivity index (χ4v) is 3.35. The van der Waals surface area contributed by atoms with E-state index in [1.807, 2.05) is 17.5 Å². The summed E-state index contributed by atoms with van der Waals surface area (Å²) in [5.74, 6) is 1.08. The maximum absolute atomic E-state index is 11.8. The summed E-state index contributed by atoms with van der Waals surface area (Å²) in [6.07, 6.45) is 5.03. The summed E-state index contributed by atoms with van der Waals surface area (Å²) in [4.78, 5) is 22.3. The van der Waals surface area contributed by atoms with Crippen LogP contribution in [0.25, 0.3) is 0 Å². The lowest BCUT2D eigenvalue weighted by Crippen LogP contribution is -2.40. The second-order valence-electron chi connectivity index (χ2n) is 5.58. The molecule has 2 N–H and O–H groups in total. The van der Waals surface area contributed by atoms with Crippen molar-refractivity contribution < 1.29 is 4.79 Å². The van der Waals surface area contributed by atoms with E-state index in [1.54, 1.807) is 6.20 Å². The van der Waals surface area contributed by atoms with E-state index in [-0.39, 0.29) is 6.03 Å². The quantitative estimate of drug-likeness (QED) is 0.890. The van der Waals surface area contributed by atoms with E-state index in [2.05, 4.69) is 31.6 Å². The van der Waals surface area contributed by atoms with Gasteiger partial charge in [-0.25, -0.2) is 14.8 Å². The molecule has 0 spiro atoms. The standard InChI is InChI=1S/C16H18N6OS/c17-10-13-15(19-6-5-18-13)22-7-3-12(4-8-22)11-20-16(23)21-14-2-1-9-24-14/h1-2,5-6,9,12H,3-4,7-8,11H2,(H2,20,21,23). The van der Waals surface area contributed by atoms with Gasteiger partial charge in [-0.3, -0.25) is 5.32 Å². The van der Waals surface area contributed by atoms with Crippen LogP contribution in [0.3, 0.4) is 0 Å². The molecule has 0 aromatic carbocycles. The topological polar surface area (TPSA) is 93.9 Å². The van der Waals surface area contributed by atoms with E-state index < -0.39 is 0 Å². The maximum atomic E-state index is 11.8. The molecule has 0 aliphatic carbocycles. The third kappa shape index (κ3) is 4.00. The van der Waals surface area contributed by atoms with Gasteiger partial charge in [-0.15, -0.1) is 11.3 Å². The first-order chi connectivity index (χ1) is 11.8. The number of thiophene rings is 1. The molecule has 1 fully saturated rings. The number of hydrogen-bond donors (Lipinski definition) is 2. The van der Waals surface area contributed by atoms with Crippen LogP contribution in [0.4, 0.5) is 15.6 Å². The Morgan fingerprint density at radius 1 is 1.38 bits per heavy atom. The number of amides is 2. The first kappa shape index (κ1) is 16.2. The molecule has 3 rings (SSSR count). The molecule has 2 aromatic heterocycles. The van der Waals surface area contributed by atoms with Crippen LogP contribution >= 0.6 is 11.3 Å². The van der Waals surface area contributed by atoms with Crippen LogP contribution in [0, 0.1) is 17.2 Å². The molecule has 2 aromatic rings. The lowest BCUT2D eigenvalue weighted by atomic mass is 9.97. The molecule has 0 bridgehead atoms. The molecular weight excluding hydrogens is 324 g/mol. The molecule has 124 valence electrons. The van der Waals surface area contributed by atoms with Gasteiger partial charge in [0.15, 0.2) is 11.5 Å². The lowest BCUT2D eigenvalue weighted by Gasteiger charge is -2.32. The van der Waals surface area contributed by atoms with Crippen molar-refractivity contribution in [3.63, 3.8) is 0 Å². The average molecular weight is 342 g/mol. The molecule has 0 saturated carbocycles. The first-order valence-corrected chi connectivity index (χ1v) is 8.68. The van der Waals surface area contributed by atoms with Crippen LogP contribution < -0.4 is 15.5 Å². The minimum Gasteiger partial charge on any atom is -0.354 e. The molecule has 8 heteroatoms. The molecule has 1 aliphatic rings. The summed E-state index contributed by atoms with van der Waals surface area (Å²) in [6, 6.07) is 5.69. The van der Waals surface area contributed by atoms with E-state index >= 15 is 0 Å². The summed E-state index contributed by atoms with van der Waals surface area (Å²) in [5, 5.41) is 17.6. The number of anilines is 2. The fraction of sp³-hybridized carbons (Fsp3) is 0.375. The smallest absolute Gasteiger partial charge is 0.319 e. The highest BCUT2D eigenvalue weighted by atomic mass is 32.1. The zero-order valence-electron chi connectivity index (χ0n) is 13.1. The van der Waals surface area contributed by atoms with Crippen molar-refractivity contribution in [3.05, 3.63) is 35.6 Å². The van der Waals surface area contributed by atoms with E-state index in [0.717, 1.165) is 30.9 Å². The van der Waals surface area contributed by atoms with Crippen LogP contribution in [0.1, 0.15) is 18.5 Å². The molecule has 0 unspecified atom stereocenters. The summed E-state index contributed by atoms with van der Waals surface area (Å²) in [5.41, 5.74) is 0.365. The van der Waals surface area contributed by atoms with Gasteiger partial charge in [-0.1, -0.05) is 0 Å². The monoisotopic (exact) mass is 342 g/mol. The second-order valence-corrected chi connectivity index (χ2v) is 6.53. The van der Waals surface area contributed by atoms with Crippen LogP contribution in [0.5, 0.6) is 0 Å². The van der Waals surface area contributed by atoms with Gasteiger partial charge in [0.2, 0.25) is 0 Å². The third-order valence-corrected chi connectivity index (χ3v) is 4.79. The van der Waals surface area contributed by atoms with Crippen molar-refractivity contribution in [1.29, 1.82) is 5.26 Å². The molecule has 0 radical (unpaired) electrons. The van der Waals surface area contributed by atoms with Crippen molar-refractivity contribution in [2.75, 3.05) is 29.9 Å². The Hall–Kier alpha value is -2.66. The van der Waals surface area contributed by atoms with Gasteiger partial charge >= 0.3 is 6.03 Å². The van der Waals surface area contributed by atoms with E-state index in [1.165, 1.54) is 17.5 Å². The Morgan fingerprint density at radius 2 is 2.17 bits per heavy atom. The highest BCUT2D eigenvalue weighted by Crippen LogP contribution is 2.23. The van der Waals surface area contributed by atoms with Gasteiger partial charge < -0.3 is 10.2 Å². The molecule has 1 saturated heterocycles. The SMILES string of the molecule is N#Cc1nccnc1N1CCC(CNC(=O)Nc2cccs2)CC1. The molecule has 0 atom stereocenters. The van der Waals surface area contributed by atoms with Gasteiger partial charge in [-0.2, -0.15) is 5.26 Å². The summed E-state index contributed by atoms with van der Waals surface area (Å²) >= 11 is 1.50. The summed E-state index contributed by atoms with van der Waals surface area (Å²) < 4.78 is 0. The van der Waals surface area contributed by atoms with Crippen molar-refractivity contribution in [1.82, 2.24) is 15.3 Å². The number of nitrogens with one attached hydrogen (secondary N) is 2. The van der Waals surface area contributed by atoms with Crippen LogP contribution in [-0.2, 0) is 0 Å². The Bertz CT molecular complexity index is 718. The number of aromatic nitrogens is 2. The summed E-state index contributed by atoms with van der Waals surface area (Å²) in [6.45, 7) is 2.27. The minimum atomic E-state index is -0.166. The molecule has 1 aliphatic heterocycles. The fourth-order valence-electron chi connectivity index (χ4n) is 2.73. The maximum Gasteiger partial charge on any atom is 0.319 e. The number of rotatable bonds is 4. The van der Waals surface area contributed by atoms with Crippen LogP contribution in [-0.4, -0.2) is 35.6 Å². The number of nitrogens with zero attached hydrogens (tertiary/aromatic N) is 4. The predicted octanol–water partition coefficient (Wildman–Crippen LogP) is 2.45. The first-order valence-electron chi connectivity index (χ1n) is 7.80. The zero-order valence-corrected chi connectivity index (χ0v) is 13.9. The number of nitriles is 1. The lowest BCUT2D eigenvalue weighted by molar-refractivity contribution is 0.248. The van der Waals surface area contributed by atoms with Crippen molar-refractivity contribution in [2.45, 2.75) is 12.8 Å². The highest BCUT2D eigenvalue weighted by Gasteiger charge is 2.22. The van der Waals surface area contributed by atoms with Crippen LogP contribution in [0.2, 0.25) is 0 Å². The van der Waals surface area contributed by atoms with Gasteiger partial charge in [0.05, 0.1) is 5.00 Å². The largest absolute Gasteiger partial charge is 0.354 e. The van der Waals surface area contributed by atoms with E-state index in [4.69, 9.17) is 5.26 Å². The van der Waals surface area contributed by atoms with Crippen molar-refractivity contribution in [3.8, 4) is 6.07 Å². The molecule has 3 heterocycles. The van der Waals surface area contributed by atoms with Gasteiger partial charge in [0, 0.05) is 32.0 Å². The average Bonchev–Trinajstić information content (AvgIpc) is 3.13. The Morgan fingerprint density at radius 3 is 2.88 bits per heavy atom. The Balaban J connectivity index is 1.45. The van der Waals surface area contributed by atoms with Crippen LogP contribution in [0.15, 0.2) is 29.9 Å². The third-order valence-electron chi connectivity index (χ3n) is 4.01. The number of piperidine rings is 1. The van der Waals surface area contributed by atoms with Gasteiger partial charge in [0.25, 0.3) is 0 Å². The molecule has 7 nitrogen and oxygen atoms in total. The molecular formula is C16H18N6OS. The number of hydrogen-bond acceptors (Lipinski definition) is 6. The Kier molecular flexibility index (Phi) is 5.23. The van der Waals surface area contributed by atoms with E-state index in [0.29, 0.717) is 24.0 Å². The molecule has 2 amide bonds. The zero-order chi connectivity index (χ0) is 16.8. The second kappa shape index (κ2) is 7.75. The van der Waals surface area contributed by atoms with Gasteiger partial charge in [-0.05, 0) is 36.3 Å².